The fraction of sp³-hybridized carbons (Fsp3) is 0.278. The van der Waals surface area contributed by atoms with Gasteiger partial charge in [0.25, 0.3) is 5.91 Å². The Balaban J connectivity index is 1.57. The molecule has 6 nitrogen and oxygen atoms in total. The molecule has 0 bridgehead atoms. The second kappa shape index (κ2) is 7.88. The van der Waals surface area contributed by atoms with Crippen LogP contribution in [0.25, 0.3) is 0 Å². The number of halogens is 2. The summed E-state index contributed by atoms with van der Waals surface area (Å²) in [6.07, 6.45) is 0.484. The third-order valence-corrected chi connectivity index (χ3v) is 5.96. The molecule has 1 atom stereocenters. The molecular formula is C18H17Cl2N3O3S. The molecule has 0 radical (unpaired) electrons. The largest absolute Gasteiger partial charge is 0.354 e. The average molecular weight is 426 g/mol. The van der Waals surface area contributed by atoms with Gasteiger partial charge in [-0.1, -0.05) is 35.3 Å². The number of imide groups is 1. The Morgan fingerprint density at radius 2 is 2.07 bits per heavy atom. The van der Waals surface area contributed by atoms with Crippen LogP contribution in [0.3, 0.4) is 0 Å². The van der Waals surface area contributed by atoms with Crippen LogP contribution in [0.15, 0.2) is 35.0 Å². The van der Waals surface area contributed by atoms with Gasteiger partial charge >= 0.3 is 6.03 Å². The number of nitrogens with one attached hydrogen (secondary N) is 2. The van der Waals surface area contributed by atoms with Crippen LogP contribution in [-0.4, -0.2) is 35.8 Å². The third-order valence-electron chi connectivity index (χ3n) is 4.42. The Hall–Kier alpha value is -2.09. The molecule has 1 aromatic heterocycles. The van der Waals surface area contributed by atoms with Crippen molar-refractivity contribution in [1.82, 2.24) is 15.5 Å². The summed E-state index contributed by atoms with van der Waals surface area (Å²) in [5.74, 6) is -0.870. The van der Waals surface area contributed by atoms with Gasteiger partial charge in [0.2, 0.25) is 5.91 Å². The number of rotatable bonds is 6. The van der Waals surface area contributed by atoms with Crippen LogP contribution in [0.1, 0.15) is 18.1 Å². The van der Waals surface area contributed by atoms with Gasteiger partial charge in [-0.15, -0.1) is 0 Å². The van der Waals surface area contributed by atoms with Gasteiger partial charge < -0.3 is 10.6 Å². The summed E-state index contributed by atoms with van der Waals surface area (Å²) in [5, 5.41) is 9.90. The number of amides is 4. The maximum absolute atomic E-state index is 12.7. The fourth-order valence-corrected chi connectivity index (χ4v) is 4.04. The predicted molar refractivity (Wildman–Crippen MR) is 105 cm³/mol. The molecular weight excluding hydrogens is 409 g/mol. The van der Waals surface area contributed by atoms with E-state index in [9.17, 15) is 14.4 Å². The maximum atomic E-state index is 12.7. The lowest BCUT2D eigenvalue weighted by atomic mass is 9.95. The molecule has 1 aliphatic rings. The molecule has 1 saturated heterocycles. The van der Waals surface area contributed by atoms with Crippen molar-refractivity contribution in [2.75, 3.05) is 13.1 Å². The second-order valence-corrected chi connectivity index (χ2v) is 7.84. The molecule has 0 spiro atoms. The number of thiophene rings is 1. The van der Waals surface area contributed by atoms with Crippen molar-refractivity contribution in [2.24, 2.45) is 0 Å². The van der Waals surface area contributed by atoms with Gasteiger partial charge in [-0.05, 0) is 47.4 Å². The van der Waals surface area contributed by atoms with Crippen LogP contribution in [0.4, 0.5) is 4.79 Å². The quantitative estimate of drug-likeness (QED) is 0.697. The van der Waals surface area contributed by atoms with Gasteiger partial charge in [0.1, 0.15) is 12.1 Å². The first-order valence-electron chi connectivity index (χ1n) is 8.19. The normalized spacial score (nSPS) is 19.3. The number of nitrogens with zero attached hydrogens (tertiary/aromatic N) is 1. The van der Waals surface area contributed by atoms with Crippen molar-refractivity contribution >= 4 is 52.4 Å². The molecule has 2 aromatic rings. The van der Waals surface area contributed by atoms with Crippen LogP contribution in [0.2, 0.25) is 10.0 Å². The lowest BCUT2D eigenvalue weighted by Gasteiger charge is -2.20. The Labute approximate surface area is 170 Å². The van der Waals surface area contributed by atoms with Crippen molar-refractivity contribution in [3.8, 4) is 0 Å². The smallest absolute Gasteiger partial charge is 0.325 e. The number of hydrogen-bond donors (Lipinski definition) is 2. The molecule has 0 saturated carbocycles. The van der Waals surface area contributed by atoms with Crippen molar-refractivity contribution in [2.45, 2.75) is 18.9 Å². The zero-order chi connectivity index (χ0) is 19.6. The highest BCUT2D eigenvalue weighted by Crippen LogP contribution is 2.30. The van der Waals surface area contributed by atoms with E-state index >= 15 is 0 Å². The minimum Gasteiger partial charge on any atom is -0.354 e. The molecule has 0 aliphatic carbocycles. The lowest BCUT2D eigenvalue weighted by molar-refractivity contribution is -0.134. The first kappa shape index (κ1) is 19.7. The zero-order valence-corrected chi connectivity index (χ0v) is 16.7. The Morgan fingerprint density at radius 3 is 2.78 bits per heavy atom. The first-order chi connectivity index (χ1) is 12.8. The summed E-state index contributed by atoms with van der Waals surface area (Å²) in [4.78, 5) is 38.0. The van der Waals surface area contributed by atoms with Crippen LogP contribution >= 0.6 is 34.5 Å². The molecule has 1 aromatic carbocycles. The van der Waals surface area contributed by atoms with E-state index in [-0.39, 0.29) is 6.54 Å². The molecule has 4 amide bonds. The highest BCUT2D eigenvalue weighted by molar-refractivity contribution is 7.08. The highest BCUT2D eigenvalue weighted by atomic mass is 35.5. The monoisotopic (exact) mass is 425 g/mol. The van der Waals surface area contributed by atoms with Crippen molar-refractivity contribution < 1.29 is 14.4 Å². The van der Waals surface area contributed by atoms with E-state index in [1.165, 1.54) is 11.3 Å². The lowest BCUT2D eigenvalue weighted by Crippen LogP contribution is -2.43. The van der Waals surface area contributed by atoms with E-state index in [2.05, 4.69) is 10.6 Å². The van der Waals surface area contributed by atoms with Gasteiger partial charge in [0.05, 0.1) is 10.0 Å². The van der Waals surface area contributed by atoms with Crippen LogP contribution in [-0.2, 0) is 21.5 Å². The Kier molecular flexibility index (Phi) is 5.74. The number of carbonyl (C=O) groups is 3. The third kappa shape index (κ3) is 3.95. The minimum absolute atomic E-state index is 0.310. The standard InChI is InChI=1S/C18H17Cl2N3O3S/c1-18(12-6-8-27-10-12)16(25)23(17(26)22-18)9-14(24)21-7-5-11-3-2-4-13(19)15(11)20/h2-4,6,8,10H,5,7,9H2,1H3,(H,21,24)(H,22,26). The SMILES string of the molecule is CC1(c2ccsc2)NC(=O)N(CC(=O)NCCc2cccc(Cl)c2Cl)C1=O. The second-order valence-electron chi connectivity index (χ2n) is 6.27. The molecule has 1 fully saturated rings. The Bertz CT molecular complexity index is 888. The van der Waals surface area contributed by atoms with Crippen LogP contribution in [0.5, 0.6) is 0 Å². The van der Waals surface area contributed by atoms with E-state index in [0.29, 0.717) is 28.6 Å². The Morgan fingerprint density at radius 1 is 1.30 bits per heavy atom. The number of hydrogen-bond acceptors (Lipinski definition) is 4. The van der Waals surface area contributed by atoms with Gasteiger partial charge in [0.15, 0.2) is 0 Å². The van der Waals surface area contributed by atoms with E-state index in [1.807, 2.05) is 11.4 Å². The molecule has 142 valence electrons. The summed E-state index contributed by atoms with van der Waals surface area (Å²) in [6, 6.07) is 6.49. The van der Waals surface area contributed by atoms with Crippen LogP contribution in [0, 0.1) is 0 Å². The van der Waals surface area contributed by atoms with E-state index in [1.54, 1.807) is 30.5 Å². The van der Waals surface area contributed by atoms with E-state index < -0.39 is 23.4 Å². The molecule has 1 aliphatic heterocycles. The molecule has 9 heteroatoms. The van der Waals surface area contributed by atoms with E-state index in [0.717, 1.165) is 10.5 Å². The first-order valence-corrected chi connectivity index (χ1v) is 9.89. The summed E-state index contributed by atoms with van der Waals surface area (Å²) in [6.45, 7) is 1.60. The number of carbonyl (C=O) groups excluding carboxylic acids is 3. The summed E-state index contributed by atoms with van der Waals surface area (Å²) < 4.78 is 0. The van der Waals surface area contributed by atoms with Crippen molar-refractivity contribution in [1.29, 1.82) is 0 Å². The predicted octanol–water partition coefficient (Wildman–Crippen LogP) is 3.18. The topological polar surface area (TPSA) is 78.5 Å². The molecule has 3 rings (SSSR count). The fourth-order valence-electron chi connectivity index (χ4n) is 2.86. The molecule has 2 N–H and O–H groups in total. The zero-order valence-electron chi connectivity index (χ0n) is 14.4. The summed E-state index contributed by atoms with van der Waals surface area (Å²) in [7, 11) is 0. The summed E-state index contributed by atoms with van der Waals surface area (Å²) >= 11 is 13.5. The van der Waals surface area contributed by atoms with E-state index in [4.69, 9.17) is 23.2 Å². The number of benzene rings is 1. The maximum Gasteiger partial charge on any atom is 0.325 e. The molecule has 1 unspecified atom stereocenters. The van der Waals surface area contributed by atoms with Gasteiger partial charge in [-0.3, -0.25) is 14.5 Å². The average Bonchev–Trinajstić information content (AvgIpc) is 3.23. The molecule has 2 heterocycles. The van der Waals surface area contributed by atoms with Crippen molar-refractivity contribution in [3.63, 3.8) is 0 Å². The van der Waals surface area contributed by atoms with Crippen molar-refractivity contribution in [3.05, 3.63) is 56.2 Å². The highest BCUT2D eigenvalue weighted by Gasteiger charge is 2.49. The van der Waals surface area contributed by atoms with Gasteiger partial charge in [0, 0.05) is 6.54 Å². The minimum atomic E-state index is -1.15. The molecule has 27 heavy (non-hydrogen) atoms. The summed E-state index contributed by atoms with van der Waals surface area (Å²) in [5.41, 5.74) is 0.361. The van der Waals surface area contributed by atoms with Gasteiger partial charge in [-0.25, -0.2) is 4.79 Å². The number of urea groups is 1. The van der Waals surface area contributed by atoms with Crippen LogP contribution < -0.4 is 10.6 Å². The van der Waals surface area contributed by atoms with Gasteiger partial charge in [-0.2, -0.15) is 11.3 Å².